The van der Waals surface area contributed by atoms with Gasteiger partial charge in [0.15, 0.2) is 10.8 Å². The Morgan fingerprint density at radius 2 is 2.08 bits per heavy atom. The lowest BCUT2D eigenvalue weighted by molar-refractivity contribution is -0.160. The Balaban J connectivity index is 1.67. The van der Waals surface area contributed by atoms with E-state index >= 15 is 0 Å². The van der Waals surface area contributed by atoms with E-state index in [4.69, 9.17) is 32.3 Å². The van der Waals surface area contributed by atoms with E-state index in [-0.39, 0.29) is 34.3 Å². The Morgan fingerprint density at radius 1 is 1.36 bits per heavy atom. The Kier molecular flexibility index (Phi) is 8.95. The molecule has 0 aliphatic carbocycles. The lowest BCUT2D eigenvalue weighted by atomic mass is 9.98. The molecular weight excluding hydrogens is 526 g/mol. The number of thioether (sulfide) groups is 1. The zero-order valence-electron chi connectivity index (χ0n) is 20.7. The van der Waals surface area contributed by atoms with Gasteiger partial charge in [-0.2, -0.15) is 0 Å². The first kappa shape index (κ1) is 27.9. The Hall–Kier alpha value is -2.71. The van der Waals surface area contributed by atoms with Gasteiger partial charge in [-0.25, -0.2) is 4.98 Å². The first-order chi connectivity index (χ1) is 17.0. The summed E-state index contributed by atoms with van der Waals surface area (Å²) in [5, 5.41) is 8.19. The summed E-state index contributed by atoms with van der Waals surface area (Å²) >= 11 is 8.04. The zero-order valence-corrected chi connectivity index (χ0v) is 23.1. The quantitative estimate of drug-likeness (QED) is 0.0886. The molecule has 0 radical (unpaired) electrons. The highest BCUT2D eigenvalue weighted by atomic mass is 32.2. The Bertz CT molecular complexity index is 1110. The van der Waals surface area contributed by atoms with Gasteiger partial charge in [-0.1, -0.05) is 12.1 Å². The molecule has 11 nitrogen and oxygen atoms in total. The van der Waals surface area contributed by atoms with Gasteiger partial charge in [0.2, 0.25) is 11.8 Å². The molecule has 0 aromatic carbocycles. The summed E-state index contributed by atoms with van der Waals surface area (Å²) in [5.74, 6) is -0.807. The van der Waals surface area contributed by atoms with E-state index in [2.05, 4.69) is 15.5 Å². The highest BCUT2D eigenvalue weighted by Gasteiger charge is 2.53. The minimum atomic E-state index is -0.806. The van der Waals surface area contributed by atoms with Crippen LogP contribution in [0.5, 0.6) is 0 Å². The molecule has 36 heavy (non-hydrogen) atoms. The molecule has 2 aliphatic rings. The number of amides is 2. The summed E-state index contributed by atoms with van der Waals surface area (Å²) in [7, 11) is 0. The fourth-order valence-electron chi connectivity index (χ4n) is 3.20. The number of nitrogens with two attached hydrogens (primary N) is 1. The number of β-lactam (4-membered cyclic amide) rings is 1. The number of esters is 1. The van der Waals surface area contributed by atoms with E-state index in [1.165, 1.54) is 28.0 Å². The van der Waals surface area contributed by atoms with Crippen molar-refractivity contribution in [3.63, 3.8) is 0 Å². The summed E-state index contributed by atoms with van der Waals surface area (Å²) in [6, 6.07) is -0.806. The van der Waals surface area contributed by atoms with Crippen molar-refractivity contribution in [2.75, 3.05) is 24.9 Å². The van der Waals surface area contributed by atoms with Crippen LogP contribution in [0.2, 0.25) is 0 Å². The van der Waals surface area contributed by atoms with Crippen LogP contribution in [0.3, 0.4) is 0 Å². The van der Waals surface area contributed by atoms with Crippen molar-refractivity contribution in [1.29, 1.82) is 0 Å². The van der Waals surface area contributed by atoms with Gasteiger partial charge in [0.25, 0.3) is 11.8 Å². The second-order valence-electron chi connectivity index (χ2n) is 9.07. The van der Waals surface area contributed by atoms with Gasteiger partial charge in [-0.05, 0) is 51.9 Å². The lowest BCUT2D eigenvalue weighted by Gasteiger charge is -2.50. The first-order valence-corrected chi connectivity index (χ1v) is 13.5. The Morgan fingerprint density at radius 3 is 2.69 bits per heavy atom. The summed E-state index contributed by atoms with van der Waals surface area (Å²) in [6.07, 6.45) is 0.707. The van der Waals surface area contributed by atoms with Crippen molar-refractivity contribution in [2.24, 2.45) is 10.6 Å². The fraction of sp³-hybridized carbons (Fsp3) is 0.545. The molecular formula is C22H29N5O6S3. The topological polar surface area (TPSA) is 145 Å². The van der Waals surface area contributed by atoms with Crippen LogP contribution in [-0.4, -0.2) is 69.0 Å². The normalized spacial score (nSPS) is 19.9. The molecule has 2 atom stereocenters. The van der Waals surface area contributed by atoms with Gasteiger partial charge in [0.05, 0.1) is 11.1 Å². The minimum Gasteiger partial charge on any atom is -0.445 e. The zero-order chi connectivity index (χ0) is 26.6. The molecule has 1 aromatic heterocycles. The largest absolute Gasteiger partial charge is 0.445 e. The summed E-state index contributed by atoms with van der Waals surface area (Å²) in [5.41, 5.74) is 6.52. The minimum absolute atomic E-state index is 0.0470. The molecule has 14 heteroatoms. The molecule has 196 valence electrons. The van der Waals surface area contributed by atoms with Crippen molar-refractivity contribution < 1.29 is 28.7 Å². The number of anilines is 1. The molecule has 1 aromatic rings. The number of aromatic nitrogens is 1. The van der Waals surface area contributed by atoms with E-state index in [1.54, 1.807) is 26.2 Å². The lowest BCUT2D eigenvalue weighted by Crippen LogP contribution is -2.71. The third kappa shape index (κ3) is 6.16. The van der Waals surface area contributed by atoms with Crippen LogP contribution >= 0.6 is 35.3 Å². The van der Waals surface area contributed by atoms with E-state index in [0.717, 1.165) is 5.57 Å². The van der Waals surface area contributed by atoms with Crippen LogP contribution < -0.4 is 11.1 Å². The molecule has 1 unspecified atom stereocenters. The molecule has 0 saturated carbocycles. The second-order valence-corrected chi connectivity index (χ2v) is 11.4. The van der Waals surface area contributed by atoms with Crippen LogP contribution in [0.1, 0.15) is 46.7 Å². The number of thiocarbonyl (C=S) groups is 1. The average molecular weight is 556 g/mol. The van der Waals surface area contributed by atoms with Crippen LogP contribution in [0.25, 0.3) is 0 Å². The number of rotatable bonds is 9. The van der Waals surface area contributed by atoms with Crippen LogP contribution in [-0.2, 0) is 28.7 Å². The SMILES string of the molecule is CCCON=C(C(=O)NC1C(=O)N2C(C(=S)OCOC(=O)C(C)(C)C)=C(C)CS[C@H]12)c1csc(N)n1. The molecule has 1 saturated heterocycles. The molecule has 3 heterocycles. The van der Waals surface area contributed by atoms with Crippen molar-refractivity contribution in [1.82, 2.24) is 15.2 Å². The van der Waals surface area contributed by atoms with Crippen LogP contribution in [0, 0.1) is 5.41 Å². The standard InChI is InChI=1S/C22H29N5O6S3/c1-6-7-33-26-13(12-9-36-21(23)24-12)16(28)25-14-17(29)27-15(11(2)8-35-18(14)27)19(34)31-10-32-20(30)22(3,4)5/h9,14,18H,6-8,10H2,1-5H3,(H2,23,24)(H,25,28)/t14?,18-/m1/s1. The van der Waals surface area contributed by atoms with Crippen LogP contribution in [0.15, 0.2) is 21.8 Å². The van der Waals surface area contributed by atoms with Crippen molar-refractivity contribution in [2.45, 2.75) is 52.5 Å². The van der Waals surface area contributed by atoms with Gasteiger partial charge in [-0.3, -0.25) is 19.3 Å². The van der Waals surface area contributed by atoms with E-state index < -0.39 is 28.7 Å². The average Bonchev–Trinajstić information content (AvgIpc) is 3.24. The fourth-order valence-corrected chi connectivity index (χ4v) is 5.36. The number of nitrogen functional groups attached to an aromatic ring is 1. The van der Waals surface area contributed by atoms with E-state index in [1.807, 2.05) is 13.8 Å². The molecule has 0 bridgehead atoms. The highest BCUT2D eigenvalue weighted by Crippen LogP contribution is 2.40. The first-order valence-electron chi connectivity index (χ1n) is 11.2. The van der Waals surface area contributed by atoms with Crippen molar-refractivity contribution >= 4 is 69.0 Å². The number of thiazole rings is 1. The third-order valence-electron chi connectivity index (χ3n) is 5.06. The van der Waals surface area contributed by atoms with Gasteiger partial charge >= 0.3 is 5.97 Å². The van der Waals surface area contributed by atoms with E-state index in [0.29, 0.717) is 24.5 Å². The predicted molar refractivity (Wildman–Crippen MR) is 141 cm³/mol. The molecule has 3 rings (SSSR count). The number of nitrogens with one attached hydrogen (secondary N) is 1. The summed E-state index contributed by atoms with van der Waals surface area (Å²) < 4.78 is 10.6. The van der Waals surface area contributed by atoms with Gasteiger partial charge in [0, 0.05) is 11.1 Å². The maximum absolute atomic E-state index is 13.1. The maximum atomic E-state index is 13.1. The maximum Gasteiger partial charge on any atom is 0.314 e. The Labute approximate surface area is 222 Å². The number of carbonyl (C=O) groups is 3. The molecule has 2 aliphatic heterocycles. The predicted octanol–water partition coefficient (Wildman–Crippen LogP) is 2.42. The third-order valence-corrected chi connectivity index (χ3v) is 7.47. The molecule has 0 spiro atoms. The van der Waals surface area contributed by atoms with Crippen molar-refractivity contribution in [3.8, 4) is 0 Å². The number of hydrogen-bond donors (Lipinski definition) is 2. The van der Waals surface area contributed by atoms with Gasteiger partial charge in [0.1, 0.15) is 23.7 Å². The van der Waals surface area contributed by atoms with Gasteiger partial charge in [-0.15, -0.1) is 23.1 Å². The number of nitrogens with zero attached hydrogens (tertiary/aromatic N) is 3. The second kappa shape index (κ2) is 11.6. The van der Waals surface area contributed by atoms with Gasteiger partial charge < -0.3 is 25.4 Å². The number of oxime groups is 1. The van der Waals surface area contributed by atoms with E-state index in [9.17, 15) is 14.4 Å². The number of carbonyl (C=O) groups excluding carboxylic acids is 3. The molecule has 2 amide bonds. The summed E-state index contributed by atoms with van der Waals surface area (Å²) in [6.45, 7) is 8.90. The smallest absolute Gasteiger partial charge is 0.314 e. The monoisotopic (exact) mass is 555 g/mol. The van der Waals surface area contributed by atoms with Crippen LogP contribution in [0.4, 0.5) is 5.13 Å². The number of fused-ring (bicyclic) bond motifs is 1. The highest BCUT2D eigenvalue weighted by molar-refractivity contribution is 8.00. The summed E-state index contributed by atoms with van der Waals surface area (Å²) in [4.78, 5) is 48.9. The number of ether oxygens (including phenoxy) is 2. The van der Waals surface area contributed by atoms with Crippen molar-refractivity contribution in [3.05, 3.63) is 22.3 Å². The number of hydrogen-bond acceptors (Lipinski definition) is 12. The molecule has 3 N–H and O–H groups in total. The molecule has 1 fully saturated rings.